The Morgan fingerprint density at radius 3 is 2.27 bits per heavy atom. The number of aromatic amines is 1. The molecule has 1 aliphatic rings. The Bertz CT molecular complexity index is 2170. The van der Waals surface area contributed by atoms with E-state index in [0.717, 1.165) is 24.0 Å². The van der Waals surface area contributed by atoms with E-state index in [0.29, 0.717) is 47.3 Å². The molecular weight excluding hydrogens is 661 g/mol. The minimum absolute atomic E-state index is 0.0738. The van der Waals surface area contributed by atoms with Gasteiger partial charge in [-0.25, -0.2) is 28.1 Å². The lowest BCUT2D eigenvalue weighted by Crippen LogP contribution is -2.36. The molecule has 1 aliphatic heterocycles. The van der Waals surface area contributed by atoms with Crippen molar-refractivity contribution in [3.05, 3.63) is 114 Å². The summed E-state index contributed by atoms with van der Waals surface area (Å²) in [6.07, 6.45) is 5.59. The summed E-state index contributed by atoms with van der Waals surface area (Å²) in [6, 6.07) is 16.0. The lowest BCUT2D eigenvalue weighted by molar-refractivity contribution is -0.121. The molecule has 3 aromatic carbocycles. The number of amides is 2. The number of anilines is 1. The molecule has 11 nitrogen and oxygen atoms in total. The highest BCUT2D eigenvalue weighted by Gasteiger charge is 2.31. The molecule has 3 N–H and O–H groups in total. The molecule has 4 heterocycles. The number of imidazole rings is 1. The van der Waals surface area contributed by atoms with Gasteiger partial charge < -0.3 is 29.8 Å². The van der Waals surface area contributed by atoms with Crippen LogP contribution in [0.5, 0.6) is 5.75 Å². The predicted octanol–water partition coefficient (Wildman–Crippen LogP) is 5.10. The lowest BCUT2D eigenvalue weighted by Gasteiger charge is -2.26. The number of nitrogens with zero attached hydrogens (tertiary/aromatic N) is 5. The number of hydrogen-bond donors (Lipinski definition) is 3. The van der Waals surface area contributed by atoms with Crippen molar-refractivity contribution in [3.63, 3.8) is 0 Å². The average Bonchev–Trinajstić information content (AvgIpc) is 3.87. The van der Waals surface area contributed by atoms with Crippen molar-refractivity contribution in [2.75, 3.05) is 31.1 Å². The second-order valence-corrected chi connectivity index (χ2v) is 12.4. The van der Waals surface area contributed by atoms with Crippen molar-refractivity contribution in [1.82, 2.24) is 35.1 Å². The zero-order chi connectivity index (χ0) is 35.3. The number of carbonyl (C=O) groups excluding carboxylic acids is 2. The van der Waals surface area contributed by atoms with Gasteiger partial charge in [-0.05, 0) is 79.3 Å². The zero-order valence-electron chi connectivity index (χ0n) is 27.5. The smallest absolute Gasteiger partial charge is 0.271 e. The van der Waals surface area contributed by atoms with E-state index in [1.54, 1.807) is 30.6 Å². The normalized spacial score (nSPS) is 14.3. The van der Waals surface area contributed by atoms with Gasteiger partial charge in [-0.3, -0.25) is 9.59 Å². The first-order valence-electron chi connectivity index (χ1n) is 16.7. The summed E-state index contributed by atoms with van der Waals surface area (Å²) in [6.45, 7) is 1.10. The molecule has 14 heteroatoms. The van der Waals surface area contributed by atoms with Crippen LogP contribution in [0.4, 0.5) is 19.0 Å². The van der Waals surface area contributed by atoms with E-state index in [4.69, 9.17) is 4.74 Å². The fourth-order valence-corrected chi connectivity index (χ4v) is 6.51. The third kappa shape index (κ3) is 7.49. The second-order valence-electron chi connectivity index (χ2n) is 12.4. The van der Waals surface area contributed by atoms with Gasteiger partial charge >= 0.3 is 0 Å². The molecule has 0 saturated carbocycles. The molecule has 2 amide bonds. The number of fused-ring (bicyclic) bond motifs is 2. The topological polar surface area (TPSA) is 130 Å². The Morgan fingerprint density at radius 2 is 1.55 bits per heavy atom. The number of H-pyrrole nitrogens is 1. The van der Waals surface area contributed by atoms with Gasteiger partial charge in [-0.15, -0.1) is 0 Å². The Labute approximate surface area is 290 Å². The Hall–Kier alpha value is -5.92. The van der Waals surface area contributed by atoms with Crippen LogP contribution in [0.2, 0.25) is 0 Å². The maximum atomic E-state index is 14.8. The van der Waals surface area contributed by atoms with Crippen molar-refractivity contribution < 1.29 is 27.5 Å². The number of hydrogen-bond acceptors (Lipinski definition) is 7. The van der Waals surface area contributed by atoms with Gasteiger partial charge in [0, 0.05) is 25.0 Å². The highest BCUT2D eigenvalue weighted by atomic mass is 19.1. The predicted molar refractivity (Wildman–Crippen MR) is 185 cm³/mol. The molecular formula is C37H35F3N8O3. The van der Waals surface area contributed by atoms with E-state index in [-0.39, 0.29) is 61.3 Å². The first-order valence-corrected chi connectivity index (χ1v) is 16.7. The number of benzene rings is 3. The third-order valence-electron chi connectivity index (χ3n) is 9.02. The molecule has 0 aliphatic carbocycles. The van der Waals surface area contributed by atoms with Crippen LogP contribution in [0.1, 0.15) is 34.5 Å². The molecule has 0 unspecified atom stereocenters. The molecule has 0 radical (unpaired) electrons. The van der Waals surface area contributed by atoms with Gasteiger partial charge in [0.1, 0.15) is 42.4 Å². The van der Waals surface area contributed by atoms with Gasteiger partial charge in [0.05, 0.1) is 17.9 Å². The van der Waals surface area contributed by atoms with Crippen LogP contribution < -0.4 is 20.3 Å². The molecule has 1 saturated heterocycles. The zero-order valence-corrected chi connectivity index (χ0v) is 27.5. The fraction of sp³-hybridized carbons (Fsp3) is 0.270. The van der Waals surface area contributed by atoms with E-state index in [2.05, 4.69) is 35.5 Å². The Morgan fingerprint density at radius 1 is 0.863 bits per heavy atom. The van der Waals surface area contributed by atoms with Crippen LogP contribution in [0, 0.1) is 17.5 Å². The van der Waals surface area contributed by atoms with Crippen LogP contribution in [-0.4, -0.2) is 68.6 Å². The summed E-state index contributed by atoms with van der Waals surface area (Å²) in [4.78, 5) is 45.6. The van der Waals surface area contributed by atoms with Crippen LogP contribution in [0.25, 0.3) is 22.1 Å². The van der Waals surface area contributed by atoms with E-state index in [1.165, 1.54) is 53.4 Å². The molecule has 1 fully saturated rings. The first-order chi connectivity index (χ1) is 24.8. The number of carbonyl (C=O) groups is 2. The first kappa shape index (κ1) is 33.6. The molecule has 0 spiro atoms. The van der Waals surface area contributed by atoms with E-state index in [9.17, 15) is 22.8 Å². The summed E-state index contributed by atoms with van der Waals surface area (Å²) >= 11 is 0. The number of rotatable bonds is 13. The highest BCUT2D eigenvalue weighted by molar-refractivity contribution is 6.05. The molecule has 262 valence electrons. The Kier molecular flexibility index (Phi) is 9.81. The molecule has 51 heavy (non-hydrogen) atoms. The highest BCUT2D eigenvalue weighted by Crippen LogP contribution is 2.36. The van der Waals surface area contributed by atoms with Gasteiger partial charge in [-0.1, -0.05) is 24.3 Å². The van der Waals surface area contributed by atoms with Crippen molar-refractivity contribution in [2.24, 2.45) is 0 Å². The molecule has 0 bridgehead atoms. The van der Waals surface area contributed by atoms with E-state index >= 15 is 0 Å². The van der Waals surface area contributed by atoms with Crippen molar-refractivity contribution in [3.8, 4) is 5.75 Å². The van der Waals surface area contributed by atoms with Crippen LogP contribution in [0.3, 0.4) is 0 Å². The summed E-state index contributed by atoms with van der Waals surface area (Å²) in [5, 5.41) is 6.13. The van der Waals surface area contributed by atoms with E-state index < -0.39 is 11.7 Å². The molecule has 7 rings (SSSR count). The minimum atomic E-state index is -0.527. The summed E-state index contributed by atoms with van der Waals surface area (Å²) in [5.41, 5.74) is 3.45. The Balaban J connectivity index is 1.16. The fourth-order valence-electron chi connectivity index (χ4n) is 6.51. The minimum Gasteiger partial charge on any atom is -0.488 e. The molecule has 3 aromatic heterocycles. The van der Waals surface area contributed by atoms with E-state index in [1.807, 2.05) is 0 Å². The van der Waals surface area contributed by atoms with Gasteiger partial charge in [0.25, 0.3) is 5.91 Å². The number of aromatic nitrogens is 5. The van der Waals surface area contributed by atoms with Gasteiger partial charge in [0.2, 0.25) is 5.91 Å². The average molecular weight is 697 g/mol. The monoisotopic (exact) mass is 696 g/mol. The van der Waals surface area contributed by atoms with Crippen LogP contribution in [0.15, 0.2) is 79.4 Å². The van der Waals surface area contributed by atoms with Crippen molar-refractivity contribution >= 4 is 39.7 Å². The van der Waals surface area contributed by atoms with Crippen LogP contribution in [-0.2, 0) is 24.2 Å². The summed E-state index contributed by atoms with van der Waals surface area (Å²) < 4.78 is 49.6. The number of nitrogens with one attached hydrogen (secondary N) is 3. The standard InChI is InChI=1S/C37H35F3N8O3/c38-25-7-3-23(4-8-25)13-15-41-31(49)19-48-30-12-11-27(40)18-29(30)34(33(48)37(50)42-16-14-24-5-9-26(39)10-6-24)51-20-28-2-1-17-47(28)36-32-35(44-21-43-32)45-22-46-36/h3-12,18,21-22,28H,1-2,13-17,19-20H2,(H,41,49)(H,42,50)(H,43,44,45,46)/t28-/m1/s1. The maximum Gasteiger partial charge on any atom is 0.271 e. The van der Waals surface area contributed by atoms with Crippen molar-refractivity contribution in [1.29, 1.82) is 0 Å². The van der Waals surface area contributed by atoms with Gasteiger partial charge in [0.15, 0.2) is 22.9 Å². The second kappa shape index (κ2) is 14.9. The molecule has 1 atom stereocenters. The quantitative estimate of drug-likeness (QED) is 0.153. The molecule has 6 aromatic rings. The third-order valence-corrected chi connectivity index (χ3v) is 9.02. The lowest BCUT2D eigenvalue weighted by atomic mass is 10.1. The van der Waals surface area contributed by atoms with Gasteiger partial charge in [-0.2, -0.15) is 0 Å². The number of ether oxygens (including phenoxy) is 1. The summed E-state index contributed by atoms with van der Waals surface area (Å²) in [7, 11) is 0. The largest absolute Gasteiger partial charge is 0.488 e. The van der Waals surface area contributed by atoms with Crippen molar-refractivity contribution in [2.45, 2.75) is 38.3 Å². The maximum absolute atomic E-state index is 14.8. The SMILES string of the molecule is O=C(Cn1c(C(=O)NCCc2ccc(F)cc2)c(OC[C@H]2CCCN2c2ncnc3[nH]cnc23)c2cc(F)ccc21)NCCc1ccc(F)cc1. The number of halogens is 3. The summed E-state index contributed by atoms with van der Waals surface area (Å²) in [5.74, 6) is -1.30. The van der Waals surface area contributed by atoms with Crippen LogP contribution >= 0.6 is 0 Å².